The average molecular weight is 323 g/mol. The average Bonchev–Trinajstić information content (AvgIpc) is 3.07. The lowest BCUT2D eigenvalue weighted by atomic mass is 9.94. The quantitative estimate of drug-likeness (QED) is 0.796. The third-order valence-corrected chi connectivity index (χ3v) is 4.80. The maximum atomic E-state index is 9.05. The predicted molar refractivity (Wildman–Crippen MR) is 93.9 cm³/mol. The minimum Gasteiger partial charge on any atom is -0.454 e. The Labute approximate surface area is 140 Å². The van der Waals surface area contributed by atoms with Crippen molar-refractivity contribution in [1.82, 2.24) is 10.2 Å². The number of anilines is 1. The van der Waals surface area contributed by atoms with Crippen molar-refractivity contribution in [3.8, 4) is 11.5 Å². The Kier molecular flexibility index (Phi) is 4.17. The summed E-state index contributed by atoms with van der Waals surface area (Å²) in [6.07, 6.45) is 3.12. The smallest absolute Gasteiger partial charge is 0.155 e. The van der Waals surface area contributed by atoms with E-state index in [0.29, 0.717) is 5.92 Å². The van der Waals surface area contributed by atoms with E-state index < -0.39 is 0 Å². The first-order valence-corrected chi connectivity index (χ1v) is 8.52. The molecule has 0 unspecified atom stereocenters. The van der Waals surface area contributed by atoms with E-state index in [2.05, 4.69) is 15.1 Å². The lowest BCUT2D eigenvalue weighted by Crippen LogP contribution is -2.34. The molecule has 0 amide bonds. The lowest BCUT2D eigenvalue weighted by molar-refractivity contribution is 0.240. The molecule has 0 bridgehead atoms. The van der Waals surface area contributed by atoms with Crippen molar-refractivity contribution in [3.63, 3.8) is 0 Å². The fraction of sp³-hybridized carbons (Fsp3) is 0.368. The number of fused-ring (bicyclic) bond motifs is 1. The van der Waals surface area contributed by atoms with E-state index in [4.69, 9.17) is 9.52 Å². The molecule has 3 aromatic rings. The summed E-state index contributed by atoms with van der Waals surface area (Å²) in [6, 6.07) is 13.9. The third kappa shape index (κ3) is 2.99. The number of rotatable bonds is 4. The van der Waals surface area contributed by atoms with E-state index in [9.17, 15) is 0 Å². The van der Waals surface area contributed by atoms with Crippen LogP contribution >= 0.6 is 0 Å². The molecule has 1 saturated heterocycles. The van der Waals surface area contributed by atoms with Gasteiger partial charge in [-0.25, -0.2) is 0 Å². The topological polar surface area (TPSA) is 62.4 Å². The minimum atomic E-state index is 0.288. The second-order valence-electron chi connectivity index (χ2n) is 6.37. The molecule has 124 valence electrons. The van der Waals surface area contributed by atoms with Crippen LogP contribution in [0.4, 0.5) is 5.82 Å². The molecule has 3 heterocycles. The zero-order valence-corrected chi connectivity index (χ0v) is 13.6. The van der Waals surface area contributed by atoms with Crippen molar-refractivity contribution in [2.24, 2.45) is 5.92 Å². The van der Waals surface area contributed by atoms with Gasteiger partial charge in [0.1, 0.15) is 11.3 Å². The SMILES string of the molecule is OCCC1CCN(c2ccc(-c3cc4ccccc4o3)nn2)CC1. The molecule has 24 heavy (non-hydrogen) atoms. The van der Waals surface area contributed by atoms with Gasteiger partial charge in [0, 0.05) is 25.1 Å². The molecule has 0 spiro atoms. The first-order valence-electron chi connectivity index (χ1n) is 8.52. The van der Waals surface area contributed by atoms with Crippen LogP contribution in [0.25, 0.3) is 22.4 Å². The first kappa shape index (κ1) is 15.1. The van der Waals surface area contributed by atoms with Crippen LogP contribution in [-0.2, 0) is 0 Å². The highest BCUT2D eigenvalue weighted by atomic mass is 16.3. The number of furan rings is 1. The molecule has 1 aliphatic heterocycles. The van der Waals surface area contributed by atoms with Gasteiger partial charge in [-0.05, 0) is 49.4 Å². The van der Waals surface area contributed by atoms with Gasteiger partial charge in [0.25, 0.3) is 0 Å². The molecule has 0 radical (unpaired) electrons. The van der Waals surface area contributed by atoms with Gasteiger partial charge in [0.15, 0.2) is 11.6 Å². The molecular weight excluding hydrogens is 302 g/mol. The number of para-hydroxylation sites is 1. The number of piperidine rings is 1. The summed E-state index contributed by atoms with van der Waals surface area (Å²) in [6.45, 7) is 2.24. The summed E-state index contributed by atoms with van der Waals surface area (Å²) in [7, 11) is 0. The zero-order chi connectivity index (χ0) is 16.4. The van der Waals surface area contributed by atoms with E-state index in [0.717, 1.165) is 60.6 Å². The Morgan fingerprint density at radius 2 is 1.92 bits per heavy atom. The summed E-state index contributed by atoms with van der Waals surface area (Å²) in [5.74, 6) is 2.29. The molecule has 0 aliphatic carbocycles. The number of aliphatic hydroxyl groups is 1. The molecule has 4 rings (SSSR count). The van der Waals surface area contributed by atoms with E-state index in [1.807, 2.05) is 42.5 Å². The first-order chi connectivity index (χ1) is 11.8. The molecular formula is C19H21N3O2. The van der Waals surface area contributed by atoms with Crippen molar-refractivity contribution < 1.29 is 9.52 Å². The second-order valence-corrected chi connectivity index (χ2v) is 6.37. The Morgan fingerprint density at radius 3 is 2.62 bits per heavy atom. The van der Waals surface area contributed by atoms with Crippen molar-refractivity contribution in [2.75, 3.05) is 24.6 Å². The summed E-state index contributed by atoms with van der Waals surface area (Å²) in [5.41, 5.74) is 1.62. The highest BCUT2D eigenvalue weighted by Gasteiger charge is 2.20. The highest BCUT2D eigenvalue weighted by molar-refractivity contribution is 5.82. The van der Waals surface area contributed by atoms with Crippen LogP contribution in [-0.4, -0.2) is 35.0 Å². The largest absolute Gasteiger partial charge is 0.454 e. The van der Waals surface area contributed by atoms with Gasteiger partial charge in [0.05, 0.1) is 0 Å². The van der Waals surface area contributed by atoms with Gasteiger partial charge in [-0.1, -0.05) is 18.2 Å². The maximum absolute atomic E-state index is 9.05. The van der Waals surface area contributed by atoms with Crippen LogP contribution in [0.3, 0.4) is 0 Å². The van der Waals surface area contributed by atoms with Gasteiger partial charge >= 0.3 is 0 Å². The third-order valence-electron chi connectivity index (χ3n) is 4.80. The Morgan fingerprint density at radius 1 is 1.08 bits per heavy atom. The number of aromatic nitrogens is 2. The molecule has 1 aliphatic rings. The lowest BCUT2D eigenvalue weighted by Gasteiger charge is -2.32. The van der Waals surface area contributed by atoms with Gasteiger partial charge in [0.2, 0.25) is 0 Å². The summed E-state index contributed by atoms with van der Waals surface area (Å²) < 4.78 is 5.84. The minimum absolute atomic E-state index is 0.288. The molecule has 0 saturated carbocycles. The van der Waals surface area contributed by atoms with E-state index >= 15 is 0 Å². The van der Waals surface area contributed by atoms with Crippen molar-refractivity contribution in [1.29, 1.82) is 0 Å². The Hall–Kier alpha value is -2.40. The van der Waals surface area contributed by atoms with E-state index in [-0.39, 0.29) is 6.61 Å². The number of hydrogen-bond acceptors (Lipinski definition) is 5. The van der Waals surface area contributed by atoms with Crippen LogP contribution in [0.2, 0.25) is 0 Å². The molecule has 1 aromatic carbocycles. The number of aliphatic hydroxyl groups excluding tert-OH is 1. The van der Waals surface area contributed by atoms with Gasteiger partial charge in [-0.2, -0.15) is 0 Å². The molecule has 1 N–H and O–H groups in total. The van der Waals surface area contributed by atoms with Crippen LogP contribution in [0.15, 0.2) is 46.9 Å². The monoisotopic (exact) mass is 323 g/mol. The molecule has 5 nitrogen and oxygen atoms in total. The molecule has 0 atom stereocenters. The summed E-state index contributed by atoms with van der Waals surface area (Å²) in [4.78, 5) is 2.27. The Balaban J connectivity index is 1.49. The van der Waals surface area contributed by atoms with Crippen LogP contribution in [0.5, 0.6) is 0 Å². The van der Waals surface area contributed by atoms with Crippen molar-refractivity contribution in [2.45, 2.75) is 19.3 Å². The maximum Gasteiger partial charge on any atom is 0.155 e. The van der Waals surface area contributed by atoms with Gasteiger partial charge in [-0.3, -0.25) is 0 Å². The van der Waals surface area contributed by atoms with Crippen LogP contribution in [0, 0.1) is 5.92 Å². The highest BCUT2D eigenvalue weighted by Crippen LogP contribution is 2.28. The number of hydrogen-bond donors (Lipinski definition) is 1. The normalized spacial score (nSPS) is 16.0. The zero-order valence-electron chi connectivity index (χ0n) is 13.6. The predicted octanol–water partition coefficient (Wildman–Crippen LogP) is 3.49. The van der Waals surface area contributed by atoms with Gasteiger partial charge < -0.3 is 14.4 Å². The fourth-order valence-corrected chi connectivity index (χ4v) is 3.37. The summed E-state index contributed by atoms with van der Waals surface area (Å²) >= 11 is 0. The van der Waals surface area contributed by atoms with Gasteiger partial charge in [-0.15, -0.1) is 10.2 Å². The van der Waals surface area contributed by atoms with E-state index in [1.165, 1.54) is 0 Å². The molecule has 5 heteroatoms. The fourth-order valence-electron chi connectivity index (χ4n) is 3.37. The molecule has 1 fully saturated rings. The second kappa shape index (κ2) is 6.61. The Bertz CT molecular complexity index is 772. The van der Waals surface area contributed by atoms with E-state index in [1.54, 1.807) is 0 Å². The van der Waals surface area contributed by atoms with Crippen molar-refractivity contribution in [3.05, 3.63) is 42.5 Å². The van der Waals surface area contributed by atoms with Crippen molar-refractivity contribution >= 4 is 16.8 Å². The summed E-state index contributed by atoms with van der Waals surface area (Å²) in [5, 5.41) is 18.9. The standard InChI is InChI=1S/C19H21N3O2/c23-12-9-14-7-10-22(11-8-14)19-6-5-16(20-21-19)18-13-15-3-1-2-4-17(15)24-18/h1-6,13-14,23H,7-12H2. The van der Waals surface area contributed by atoms with Crippen LogP contribution in [0.1, 0.15) is 19.3 Å². The van der Waals surface area contributed by atoms with Crippen LogP contribution < -0.4 is 4.90 Å². The number of nitrogens with zero attached hydrogens (tertiary/aromatic N) is 3. The molecule has 2 aromatic heterocycles. The number of benzene rings is 1.